The summed E-state index contributed by atoms with van der Waals surface area (Å²) in [6.45, 7) is 3.65. The molecule has 5 rings (SSSR count). The summed E-state index contributed by atoms with van der Waals surface area (Å²) in [5, 5.41) is 4.45. The van der Waals surface area contributed by atoms with Crippen molar-refractivity contribution in [2.75, 3.05) is 18.4 Å². The van der Waals surface area contributed by atoms with E-state index in [2.05, 4.69) is 20.3 Å². The van der Waals surface area contributed by atoms with Crippen LogP contribution in [0.4, 0.5) is 11.5 Å². The monoisotopic (exact) mass is 503 g/mol. The second-order valence-electron chi connectivity index (χ2n) is 8.54. The van der Waals surface area contributed by atoms with E-state index in [9.17, 15) is 4.79 Å². The Labute approximate surface area is 214 Å². The molecule has 0 saturated carbocycles. The van der Waals surface area contributed by atoms with E-state index in [1.54, 1.807) is 25.3 Å². The van der Waals surface area contributed by atoms with Crippen molar-refractivity contribution in [3.8, 4) is 11.5 Å². The normalized spacial score (nSPS) is 14.0. The summed E-state index contributed by atoms with van der Waals surface area (Å²) in [7, 11) is 0. The highest BCUT2D eigenvalue weighted by Gasteiger charge is 2.25. The van der Waals surface area contributed by atoms with Crippen LogP contribution in [0.1, 0.15) is 25.5 Å². The lowest BCUT2D eigenvalue weighted by Crippen LogP contribution is -2.38. The lowest BCUT2D eigenvalue weighted by atomic mass is 10.2. The number of amides is 1. The molecule has 1 aliphatic rings. The van der Waals surface area contributed by atoms with Crippen LogP contribution in [0.2, 0.25) is 5.02 Å². The first kappa shape index (κ1) is 23.8. The third-order valence-corrected chi connectivity index (χ3v) is 6.29. The molecule has 1 unspecified atom stereocenters. The van der Waals surface area contributed by atoms with Gasteiger partial charge >= 0.3 is 0 Å². The summed E-state index contributed by atoms with van der Waals surface area (Å²) in [5.74, 6) is 1.63. The first-order valence-corrected chi connectivity index (χ1v) is 12.2. The lowest BCUT2D eigenvalue weighted by molar-refractivity contribution is -0.136. The van der Waals surface area contributed by atoms with Crippen molar-refractivity contribution in [3.63, 3.8) is 0 Å². The highest BCUT2D eigenvalue weighted by molar-refractivity contribution is 6.32. The van der Waals surface area contributed by atoms with Crippen LogP contribution >= 0.6 is 11.6 Å². The van der Waals surface area contributed by atoms with Crippen molar-refractivity contribution in [1.29, 1.82) is 0 Å². The fourth-order valence-electron chi connectivity index (χ4n) is 4.17. The van der Waals surface area contributed by atoms with Crippen LogP contribution in [0.25, 0.3) is 10.9 Å². The number of carbonyl (C=O) groups excluding carboxylic acids is 1. The number of ether oxygens (including phenoxy) is 2. The quantitative estimate of drug-likeness (QED) is 0.344. The number of pyridine rings is 1. The minimum Gasteiger partial charge on any atom is -0.486 e. The zero-order valence-corrected chi connectivity index (χ0v) is 20.6. The van der Waals surface area contributed by atoms with Gasteiger partial charge in [0.25, 0.3) is 5.91 Å². The number of benzene rings is 2. The molecule has 9 heteroatoms. The molecule has 2 aromatic carbocycles. The Hall–Kier alpha value is -3.91. The van der Waals surface area contributed by atoms with Gasteiger partial charge in [-0.3, -0.25) is 9.78 Å². The lowest BCUT2D eigenvalue weighted by Gasteiger charge is -2.22. The number of rotatable bonds is 8. The van der Waals surface area contributed by atoms with Crippen LogP contribution in [0.5, 0.6) is 11.5 Å². The Bertz CT molecular complexity index is 1360. The Morgan fingerprint density at radius 2 is 1.92 bits per heavy atom. The molecule has 1 aliphatic heterocycles. The molecule has 1 atom stereocenters. The number of hydrogen-bond acceptors (Lipinski definition) is 7. The second kappa shape index (κ2) is 10.8. The molecule has 1 saturated heterocycles. The third-order valence-electron chi connectivity index (χ3n) is 5.99. The maximum Gasteiger partial charge on any atom is 0.263 e. The summed E-state index contributed by atoms with van der Waals surface area (Å²) < 4.78 is 12.0. The number of hydrogen-bond donors (Lipinski definition) is 1. The summed E-state index contributed by atoms with van der Waals surface area (Å²) in [4.78, 5) is 27.7. The molecule has 1 amide bonds. The minimum absolute atomic E-state index is 0.0102. The van der Waals surface area contributed by atoms with E-state index in [4.69, 9.17) is 21.1 Å². The number of nitrogens with one attached hydrogen (secondary N) is 1. The van der Waals surface area contributed by atoms with Gasteiger partial charge in [-0.25, -0.2) is 9.97 Å². The predicted octanol–water partition coefficient (Wildman–Crippen LogP) is 5.39. The molecule has 4 aromatic rings. The molecule has 8 nitrogen and oxygen atoms in total. The maximum absolute atomic E-state index is 12.8. The summed E-state index contributed by atoms with van der Waals surface area (Å²) >= 11 is 6.49. The number of fused-ring (bicyclic) bond motifs is 1. The van der Waals surface area contributed by atoms with Gasteiger partial charge in [0.2, 0.25) is 0 Å². The Morgan fingerprint density at radius 1 is 1.06 bits per heavy atom. The molecule has 2 aromatic heterocycles. The third kappa shape index (κ3) is 5.33. The van der Waals surface area contributed by atoms with Crippen molar-refractivity contribution in [2.24, 2.45) is 0 Å². The van der Waals surface area contributed by atoms with Crippen LogP contribution in [-0.4, -0.2) is 45.0 Å². The molecular weight excluding hydrogens is 478 g/mol. The Balaban J connectivity index is 1.35. The highest BCUT2D eigenvalue weighted by atomic mass is 35.5. The van der Waals surface area contributed by atoms with Gasteiger partial charge < -0.3 is 19.7 Å². The molecule has 1 N–H and O–H groups in total. The van der Waals surface area contributed by atoms with Crippen molar-refractivity contribution in [3.05, 3.63) is 77.8 Å². The average Bonchev–Trinajstić information content (AvgIpc) is 3.44. The maximum atomic E-state index is 12.8. The molecule has 0 bridgehead atoms. The number of likely N-dealkylation sites (tertiary alicyclic amines) is 1. The molecule has 36 heavy (non-hydrogen) atoms. The van der Waals surface area contributed by atoms with Gasteiger partial charge in [-0.1, -0.05) is 23.7 Å². The molecule has 0 spiro atoms. The first-order chi connectivity index (χ1) is 17.6. The van der Waals surface area contributed by atoms with E-state index in [1.165, 1.54) is 6.33 Å². The Kier molecular flexibility index (Phi) is 7.13. The van der Waals surface area contributed by atoms with E-state index in [-0.39, 0.29) is 5.91 Å². The van der Waals surface area contributed by atoms with Gasteiger partial charge in [-0.2, -0.15) is 0 Å². The topological polar surface area (TPSA) is 89.5 Å². The van der Waals surface area contributed by atoms with Crippen LogP contribution in [-0.2, 0) is 11.4 Å². The van der Waals surface area contributed by atoms with Crippen LogP contribution in [0.3, 0.4) is 0 Å². The fourth-order valence-corrected chi connectivity index (χ4v) is 4.41. The first-order valence-electron chi connectivity index (χ1n) is 11.9. The van der Waals surface area contributed by atoms with E-state index in [0.29, 0.717) is 39.8 Å². The number of anilines is 2. The molecule has 3 heterocycles. The average molecular weight is 504 g/mol. The molecule has 0 radical (unpaired) electrons. The SMILES string of the molecule is CC(Oc1cccc2ncnc(Nc3ccc(OCc4ccccn4)c(Cl)c3)c12)C(=O)N1CCCC1. The van der Waals surface area contributed by atoms with E-state index < -0.39 is 6.10 Å². The highest BCUT2D eigenvalue weighted by Crippen LogP contribution is 2.34. The van der Waals surface area contributed by atoms with Gasteiger partial charge in [0.1, 0.15) is 30.3 Å². The number of carbonyl (C=O) groups is 1. The van der Waals surface area contributed by atoms with E-state index in [1.807, 2.05) is 47.4 Å². The van der Waals surface area contributed by atoms with Crippen molar-refractivity contribution in [1.82, 2.24) is 19.9 Å². The van der Waals surface area contributed by atoms with E-state index >= 15 is 0 Å². The minimum atomic E-state index is -0.619. The zero-order chi connectivity index (χ0) is 24.9. The van der Waals surface area contributed by atoms with Crippen LogP contribution in [0, 0.1) is 0 Å². The number of aromatic nitrogens is 3. The summed E-state index contributed by atoms with van der Waals surface area (Å²) in [6.07, 6.45) is 4.65. The molecule has 1 fully saturated rings. The molecule has 184 valence electrons. The van der Waals surface area contributed by atoms with Crippen LogP contribution in [0.15, 0.2) is 67.1 Å². The van der Waals surface area contributed by atoms with Crippen molar-refractivity contribution < 1.29 is 14.3 Å². The largest absolute Gasteiger partial charge is 0.486 e. The van der Waals surface area contributed by atoms with Crippen molar-refractivity contribution in [2.45, 2.75) is 32.5 Å². The smallest absolute Gasteiger partial charge is 0.263 e. The van der Waals surface area contributed by atoms with Gasteiger partial charge in [0, 0.05) is 25.0 Å². The molecular formula is C27H26ClN5O3. The van der Waals surface area contributed by atoms with Crippen molar-refractivity contribution >= 4 is 39.9 Å². The van der Waals surface area contributed by atoms with Gasteiger partial charge in [-0.05, 0) is 62.2 Å². The number of nitrogens with zero attached hydrogens (tertiary/aromatic N) is 4. The fraction of sp³-hybridized carbons (Fsp3) is 0.259. The second-order valence-corrected chi connectivity index (χ2v) is 8.95. The standard InChI is InChI=1S/C27H26ClN5O3/c1-18(27(34)33-13-4-5-14-33)36-24-9-6-8-22-25(24)26(31-17-30-22)32-19-10-11-23(21(28)15-19)35-16-20-7-2-3-12-29-20/h2-3,6-12,15,17-18H,4-5,13-14,16H2,1H3,(H,30,31,32). The number of halogens is 1. The zero-order valence-electron chi connectivity index (χ0n) is 19.9. The summed E-state index contributed by atoms with van der Waals surface area (Å²) in [6, 6.07) is 16.6. The van der Waals surface area contributed by atoms with Crippen LogP contribution < -0.4 is 14.8 Å². The van der Waals surface area contributed by atoms with Gasteiger partial charge in [0.05, 0.1) is 21.6 Å². The molecule has 0 aliphatic carbocycles. The predicted molar refractivity (Wildman–Crippen MR) is 139 cm³/mol. The van der Waals surface area contributed by atoms with Gasteiger partial charge in [-0.15, -0.1) is 0 Å². The Morgan fingerprint density at radius 3 is 2.69 bits per heavy atom. The summed E-state index contributed by atoms with van der Waals surface area (Å²) in [5.41, 5.74) is 2.24. The van der Waals surface area contributed by atoms with Gasteiger partial charge in [0.15, 0.2) is 6.10 Å². The van der Waals surface area contributed by atoms with E-state index in [0.717, 1.165) is 37.3 Å².